The number of anilines is 1. The van der Waals surface area contributed by atoms with E-state index in [1.54, 1.807) is 12.1 Å². The number of benzene rings is 2. The van der Waals surface area contributed by atoms with Crippen LogP contribution < -0.4 is 11.3 Å². The quantitative estimate of drug-likeness (QED) is 0.430. The maximum Gasteiger partial charge on any atom is 0.416 e. The van der Waals surface area contributed by atoms with Crippen LogP contribution >= 0.6 is 11.3 Å². The van der Waals surface area contributed by atoms with Crippen molar-refractivity contribution in [2.24, 2.45) is 0 Å². The molecule has 0 radical (unpaired) electrons. The third-order valence-corrected chi connectivity index (χ3v) is 6.74. The number of carbonyl (C=O) groups is 2. The van der Waals surface area contributed by atoms with Gasteiger partial charge < -0.3 is 10.3 Å². The Bertz CT molecular complexity index is 1560. The number of thiazole rings is 1. The molecule has 3 heterocycles. The number of halogens is 3. The van der Waals surface area contributed by atoms with E-state index in [9.17, 15) is 27.6 Å². The van der Waals surface area contributed by atoms with Crippen LogP contribution in [0.2, 0.25) is 0 Å². The fraction of sp³-hybridized carbons (Fsp3) is 0.174. The summed E-state index contributed by atoms with van der Waals surface area (Å²) in [7, 11) is 0. The number of hydrogen-bond acceptors (Lipinski definition) is 7. The molecule has 0 saturated carbocycles. The van der Waals surface area contributed by atoms with Gasteiger partial charge in [0.25, 0.3) is 17.4 Å². The van der Waals surface area contributed by atoms with Crippen molar-refractivity contribution in [3.8, 4) is 0 Å². The second kappa shape index (κ2) is 8.01. The van der Waals surface area contributed by atoms with E-state index in [1.807, 2.05) is 0 Å². The molecule has 0 spiro atoms. The van der Waals surface area contributed by atoms with Gasteiger partial charge >= 0.3 is 6.18 Å². The summed E-state index contributed by atoms with van der Waals surface area (Å²) in [5.41, 5.74) is 5.23. The standard InChI is InChI=1S/C23H16F3N5O3S/c1-11-12(5-4-8-15(11)23(24,25)26)9-30-16(28-19(32)17-18(30)29-22(27)35-17)10-31-20(33)13-6-2-3-7-14(13)21(31)34/h2-8H,9-10H2,1H3,(H2,27,29). The fourth-order valence-corrected chi connectivity index (χ4v) is 4.87. The number of fused-ring (bicyclic) bond motifs is 2. The van der Waals surface area contributed by atoms with Crippen molar-refractivity contribution in [1.29, 1.82) is 0 Å². The molecule has 2 amide bonds. The maximum absolute atomic E-state index is 13.5. The van der Waals surface area contributed by atoms with E-state index in [4.69, 9.17) is 5.73 Å². The zero-order valence-corrected chi connectivity index (χ0v) is 18.9. The van der Waals surface area contributed by atoms with Crippen molar-refractivity contribution in [3.05, 3.63) is 86.5 Å². The highest BCUT2D eigenvalue weighted by Crippen LogP contribution is 2.34. The summed E-state index contributed by atoms with van der Waals surface area (Å²) in [6, 6.07) is 10.1. The molecular weight excluding hydrogens is 483 g/mol. The topological polar surface area (TPSA) is 111 Å². The molecule has 2 N–H and O–H groups in total. The Morgan fingerprint density at radius 1 is 0.943 bits per heavy atom. The molecule has 5 rings (SSSR count). The van der Waals surface area contributed by atoms with Gasteiger partial charge in [0.05, 0.1) is 29.8 Å². The van der Waals surface area contributed by atoms with Crippen LogP contribution in [0.4, 0.5) is 18.3 Å². The minimum Gasteiger partial charge on any atom is -0.375 e. The number of amides is 2. The van der Waals surface area contributed by atoms with E-state index < -0.39 is 29.1 Å². The minimum atomic E-state index is -4.55. The highest BCUT2D eigenvalue weighted by molar-refractivity contribution is 7.21. The molecular formula is C23H16F3N5O3S. The first-order valence-electron chi connectivity index (χ1n) is 10.3. The van der Waals surface area contributed by atoms with Crippen LogP contribution in [0.5, 0.6) is 0 Å². The van der Waals surface area contributed by atoms with Gasteiger partial charge in [-0.25, -0.2) is 4.98 Å². The predicted octanol–water partition coefficient (Wildman–Crippen LogP) is 3.61. The Kier molecular flexibility index (Phi) is 5.20. The lowest BCUT2D eigenvalue weighted by Crippen LogP contribution is -2.33. The zero-order chi connectivity index (χ0) is 25.1. The summed E-state index contributed by atoms with van der Waals surface area (Å²) in [6.07, 6.45) is -4.55. The first-order chi connectivity index (χ1) is 16.6. The van der Waals surface area contributed by atoms with Gasteiger partial charge in [0.2, 0.25) is 0 Å². The van der Waals surface area contributed by atoms with Crippen LogP contribution in [-0.4, -0.2) is 31.2 Å². The van der Waals surface area contributed by atoms with Crippen molar-refractivity contribution in [1.82, 2.24) is 19.4 Å². The van der Waals surface area contributed by atoms with E-state index in [2.05, 4.69) is 9.97 Å². The lowest BCUT2D eigenvalue weighted by molar-refractivity contribution is -0.138. The van der Waals surface area contributed by atoms with Crippen LogP contribution in [0.3, 0.4) is 0 Å². The molecule has 0 aliphatic carbocycles. The monoisotopic (exact) mass is 499 g/mol. The lowest BCUT2D eigenvalue weighted by Gasteiger charge is -2.20. The SMILES string of the molecule is Cc1c(Cn2c(CN3C(=O)c4ccccc4C3=O)nc(=O)c3sc(N)nc32)cccc1C(F)(F)F. The number of rotatable bonds is 4. The van der Waals surface area contributed by atoms with Crippen molar-refractivity contribution in [2.75, 3.05) is 5.73 Å². The number of nitrogens with two attached hydrogens (primary N) is 1. The molecule has 8 nitrogen and oxygen atoms in total. The van der Waals surface area contributed by atoms with Crippen molar-refractivity contribution < 1.29 is 22.8 Å². The van der Waals surface area contributed by atoms with Crippen LogP contribution in [0.25, 0.3) is 10.3 Å². The van der Waals surface area contributed by atoms with Gasteiger partial charge in [-0.1, -0.05) is 35.6 Å². The van der Waals surface area contributed by atoms with Crippen LogP contribution in [0.1, 0.15) is 43.2 Å². The summed E-state index contributed by atoms with van der Waals surface area (Å²) >= 11 is 0.901. The summed E-state index contributed by atoms with van der Waals surface area (Å²) in [5.74, 6) is -1.11. The van der Waals surface area contributed by atoms with Gasteiger partial charge in [0, 0.05) is 0 Å². The van der Waals surface area contributed by atoms with E-state index in [-0.39, 0.29) is 51.1 Å². The number of imide groups is 1. The Labute approximate surface area is 199 Å². The summed E-state index contributed by atoms with van der Waals surface area (Å²) in [4.78, 5) is 47.6. The Morgan fingerprint density at radius 3 is 2.23 bits per heavy atom. The van der Waals surface area contributed by atoms with Gasteiger partial charge in [-0.15, -0.1) is 0 Å². The fourth-order valence-electron chi connectivity index (χ4n) is 4.14. The molecule has 178 valence electrons. The number of carbonyl (C=O) groups excluding carboxylic acids is 2. The number of nitrogen functional groups attached to an aromatic ring is 1. The number of alkyl halides is 3. The van der Waals surface area contributed by atoms with E-state index in [1.165, 1.54) is 35.8 Å². The second-order valence-electron chi connectivity index (χ2n) is 7.95. The van der Waals surface area contributed by atoms with Gasteiger partial charge in [0.15, 0.2) is 10.8 Å². The molecule has 12 heteroatoms. The molecule has 35 heavy (non-hydrogen) atoms. The summed E-state index contributed by atoms with van der Waals surface area (Å²) in [5, 5.41) is 0.0753. The predicted molar refractivity (Wildman–Crippen MR) is 122 cm³/mol. The van der Waals surface area contributed by atoms with Gasteiger partial charge in [-0.2, -0.15) is 18.2 Å². The Morgan fingerprint density at radius 2 is 1.60 bits per heavy atom. The molecule has 0 unspecified atom stereocenters. The first-order valence-corrected chi connectivity index (χ1v) is 11.1. The number of nitrogens with zero attached hydrogens (tertiary/aromatic N) is 4. The third-order valence-electron chi connectivity index (χ3n) is 5.88. The molecule has 0 fully saturated rings. The average molecular weight is 499 g/mol. The normalized spacial score (nSPS) is 13.7. The second-order valence-corrected chi connectivity index (χ2v) is 8.98. The van der Waals surface area contributed by atoms with Crippen molar-refractivity contribution in [2.45, 2.75) is 26.2 Å². The molecule has 1 aliphatic heterocycles. The zero-order valence-electron chi connectivity index (χ0n) is 18.1. The van der Waals surface area contributed by atoms with Gasteiger partial charge in [0.1, 0.15) is 10.5 Å². The van der Waals surface area contributed by atoms with Crippen LogP contribution in [0, 0.1) is 6.92 Å². The van der Waals surface area contributed by atoms with Gasteiger partial charge in [-0.3, -0.25) is 19.3 Å². The Balaban J connectivity index is 1.64. The third kappa shape index (κ3) is 3.75. The van der Waals surface area contributed by atoms with E-state index in [0.717, 1.165) is 22.3 Å². The van der Waals surface area contributed by atoms with Crippen molar-refractivity contribution in [3.63, 3.8) is 0 Å². The number of hydrogen-bond donors (Lipinski definition) is 1. The molecule has 0 atom stereocenters. The minimum absolute atomic E-state index is 0.000817. The molecule has 0 bridgehead atoms. The molecule has 0 saturated heterocycles. The molecule has 1 aliphatic rings. The highest BCUT2D eigenvalue weighted by atomic mass is 32.1. The van der Waals surface area contributed by atoms with Gasteiger partial charge in [-0.05, 0) is 36.2 Å². The molecule has 2 aromatic heterocycles. The molecule has 4 aromatic rings. The van der Waals surface area contributed by atoms with E-state index >= 15 is 0 Å². The molecule has 2 aromatic carbocycles. The largest absolute Gasteiger partial charge is 0.416 e. The van der Waals surface area contributed by atoms with Crippen LogP contribution in [0.15, 0.2) is 47.3 Å². The first kappa shape index (κ1) is 22.7. The highest BCUT2D eigenvalue weighted by Gasteiger charge is 2.36. The summed E-state index contributed by atoms with van der Waals surface area (Å²) in [6.45, 7) is 0.846. The smallest absolute Gasteiger partial charge is 0.375 e. The number of aromatic nitrogens is 3. The van der Waals surface area contributed by atoms with Crippen LogP contribution in [-0.2, 0) is 19.3 Å². The van der Waals surface area contributed by atoms with Crippen molar-refractivity contribution >= 4 is 38.6 Å². The van der Waals surface area contributed by atoms with E-state index in [0.29, 0.717) is 5.56 Å². The lowest BCUT2D eigenvalue weighted by atomic mass is 10.0. The summed E-state index contributed by atoms with van der Waals surface area (Å²) < 4.78 is 42.0. The Hall–Kier alpha value is -4.06. The average Bonchev–Trinajstić information content (AvgIpc) is 3.31. The maximum atomic E-state index is 13.5.